The summed E-state index contributed by atoms with van der Waals surface area (Å²) in [4.78, 5) is 46.2. The van der Waals surface area contributed by atoms with Crippen LogP contribution in [-0.2, 0) is 14.3 Å². The number of hydrogen-bond acceptors (Lipinski definition) is 8. The zero-order valence-electron chi connectivity index (χ0n) is 15.8. The number of non-ortho nitro benzene ring substituents is 1. The van der Waals surface area contributed by atoms with E-state index in [2.05, 4.69) is 10.1 Å². The second-order valence-corrected chi connectivity index (χ2v) is 5.75. The molecule has 0 aromatic heterocycles. The minimum atomic E-state index is -1.20. The lowest BCUT2D eigenvalue weighted by Crippen LogP contribution is -2.30. The summed E-state index contributed by atoms with van der Waals surface area (Å²) >= 11 is 0. The van der Waals surface area contributed by atoms with E-state index >= 15 is 0 Å². The molecule has 1 N–H and O–H groups in total. The van der Waals surface area contributed by atoms with Crippen molar-refractivity contribution in [3.63, 3.8) is 0 Å². The first-order valence-corrected chi connectivity index (χ1v) is 8.29. The number of esters is 2. The Balaban J connectivity index is 2.07. The first-order chi connectivity index (χ1) is 13.8. The first-order valence-electron chi connectivity index (χ1n) is 8.29. The zero-order valence-corrected chi connectivity index (χ0v) is 15.8. The highest BCUT2D eigenvalue weighted by atomic mass is 16.6. The van der Waals surface area contributed by atoms with Gasteiger partial charge in [0.1, 0.15) is 5.75 Å². The number of nitrogens with one attached hydrogen (secondary N) is 1. The van der Waals surface area contributed by atoms with E-state index in [1.165, 1.54) is 57.5 Å². The summed E-state index contributed by atoms with van der Waals surface area (Å²) in [6.07, 6.45) is -1.20. The molecule has 1 atom stereocenters. The monoisotopic (exact) mass is 402 g/mol. The lowest BCUT2D eigenvalue weighted by molar-refractivity contribution is -0.384. The number of nitrogens with zero attached hydrogens (tertiary/aromatic N) is 1. The maximum absolute atomic E-state index is 12.3. The van der Waals surface area contributed by atoms with E-state index < -0.39 is 28.9 Å². The fourth-order valence-corrected chi connectivity index (χ4v) is 2.28. The van der Waals surface area contributed by atoms with Gasteiger partial charge in [-0.05, 0) is 37.3 Å². The highest BCUT2D eigenvalue weighted by Gasteiger charge is 2.21. The van der Waals surface area contributed by atoms with Gasteiger partial charge < -0.3 is 19.5 Å². The Labute approximate surface area is 165 Å². The molecule has 10 heteroatoms. The van der Waals surface area contributed by atoms with E-state index in [1.54, 1.807) is 0 Å². The predicted octanol–water partition coefficient (Wildman–Crippen LogP) is 2.57. The van der Waals surface area contributed by atoms with Crippen LogP contribution in [0.25, 0.3) is 0 Å². The van der Waals surface area contributed by atoms with Gasteiger partial charge in [-0.2, -0.15) is 0 Å². The molecule has 152 valence electrons. The van der Waals surface area contributed by atoms with E-state index in [-0.39, 0.29) is 28.3 Å². The number of methoxy groups -OCH3 is 2. The average Bonchev–Trinajstić information content (AvgIpc) is 2.72. The van der Waals surface area contributed by atoms with Crippen molar-refractivity contribution in [2.24, 2.45) is 0 Å². The van der Waals surface area contributed by atoms with Crippen molar-refractivity contribution in [2.45, 2.75) is 13.0 Å². The summed E-state index contributed by atoms with van der Waals surface area (Å²) in [6, 6.07) is 9.22. The van der Waals surface area contributed by atoms with Gasteiger partial charge in [-0.25, -0.2) is 9.59 Å². The van der Waals surface area contributed by atoms with Crippen molar-refractivity contribution < 1.29 is 33.5 Å². The molecule has 29 heavy (non-hydrogen) atoms. The summed E-state index contributed by atoms with van der Waals surface area (Å²) in [7, 11) is 2.58. The molecule has 0 saturated heterocycles. The molecular weight excluding hydrogens is 384 g/mol. The number of carbonyl (C=O) groups excluding carboxylic acids is 3. The molecule has 0 spiro atoms. The summed E-state index contributed by atoms with van der Waals surface area (Å²) < 4.78 is 14.7. The predicted molar refractivity (Wildman–Crippen MR) is 101 cm³/mol. The molecular formula is C19H18N2O8. The molecule has 2 rings (SSSR count). The van der Waals surface area contributed by atoms with Crippen LogP contribution < -0.4 is 10.1 Å². The normalized spacial score (nSPS) is 11.1. The zero-order chi connectivity index (χ0) is 21.6. The third-order valence-corrected chi connectivity index (χ3v) is 3.85. The Morgan fingerprint density at radius 2 is 1.59 bits per heavy atom. The number of hydrogen-bond donors (Lipinski definition) is 1. The molecule has 2 aromatic carbocycles. The SMILES string of the molecule is COC(=O)c1ccc(C(=O)OC(C)C(=O)Nc2cc([N+](=O)[O-])ccc2OC)cc1. The van der Waals surface area contributed by atoms with Gasteiger partial charge >= 0.3 is 11.9 Å². The van der Waals surface area contributed by atoms with Crippen LogP contribution in [0.2, 0.25) is 0 Å². The minimum Gasteiger partial charge on any atom is -0.495 e. The van der Waals surface area contributed by atoms with Crippen LogP contribution in [0.15, 0.2) is 42.5 Å². The maximum atomic E-state index is 12.3. The molecule has 0 bridgehead atoms. The minimum absolute atomic E-state index is 0.0667. The Bertz CT molecular complexity index is 940. The van der Waals surface area contributed by atoms with Crippen LogP contribution in [0.1, 0.15) is 27.6 Å². The first kappa shape index (κ1) is 21.4. The van der Waals surface area contributed by atoms with Gasteiger partial charge in [0, 0.05) is 12.1 Å². The summed E-state index contributed by atoms with van der Waals surface area (Å²) in [5.41, 5.74) is 0.214. The Morgan fingerprint density at radius 1 is 1.00 bits per heavy atom. The number of anilines is 1. The molecule has 1 amide bonds. The lowest BCUT2D eigenvalue weighted by Gasteiger charge is -2.15. The summed E-state index contributed by atoms with van der Waals surface area (Å²) in [5, 5.41) is 13.4. The van der Waals surface area contributed by atoms with E-state index in [9.17, 15) is 24.5 Å². The van der Waals surface area contributed by atoms with Crippen LogP contribution in [0, 0.1) is 10.1 Å². The molecule has 0 saturated carbocycles. The number of nitro benzene ring substituents is 1. The van der Waals surface area contributed by atoms with Gasteiger partial charge in [-0.1, -0.05) is 0 Å². The summed E-state index contributed by atoms with van der Waals surface area (Å²) in [5.74, 6) is -1.83. The van der Waals surface area contributed by atoms with Crippen molar-refractivity contribution in [3.8, 4) is 5.75 Å². The topological polar surface area (TPSA) is 134 Å². The number of rotatable bonds is 7. The van der Waals surface area contributed by atoms with Crippen LogP contribution in [0.4, 0.5) is 11.4 Å². The van der Waals surface area contributed by atoms with Gasteiger partial charge in [0.05, 0.1) is 36.0 Å². The number of ether oxygens (including phenoxy) is 3. The maximum Gasteiger partial charge on any atom is 0.338 e. The molecule has 0 radical (unpaired) electrons. The standard InChI is InChI=1S/C19H18N2O8/c1-11(29-19(24)13-6-4-12(5-7-13)18(23)28-3)17(22)20-15-10-14(21(25)26)8-9-16(15)27-2/h4-11H,1-3H3,(H,20,22). The lowest BCUT2D eigenvalue weighted by atomic mass is 10.1. The molecule has 0 aliphatic rings. The Morgan fingerprint density at radius 3 is 2.10 bits per heavy atom. The fourth-order valence-electron chi connectivity index (χ4n) is 2.28. The van der Waals surface area contributed by atoms with Crippen molar-refractivity contribution >= 4 is 29.2 Å². The quantitative estimate of drug-likeness (QED) is 0.424. The van der Waals surface area contributed by atoms with E-state index in [0.29, 0.717) is 0 Å². The molecule has 10 nitrogen and oxygen atoms in total. The average molecular weight is 402 g/mol. The van der Waals surface area contributed by atoms with Gasteiger partial charge in [-0.3, -0.25) is 14.9 Å². The van der Waals surface area contributed by atoms with Gasteiger partial charge in [0.15, 0.2) is 6.10 Å². The number of benzene rings is 2. The van der Waals surface area contributed by atoms with Gasteiger partial charge in [0.2, 0.25) is 0 Å². The Kier molecular flexibility index (Phi) is 6.85. The van der Waals surface area contributed by atoms with Crippen LogP contribution >= 0.6 is 0 Å². The van der Waals surface area contributed by atoms with Gasteiger partial charge in [-0.15, -0.1) is 0 Å². The molecule has 2 aromatic rings. The third-order valence-electron chi connectivity index (χ3n) is 3.85. The van der Waals surface area contributed by atoms with Crippen LogP contribution in [0.3, 0.4) is 0 Å². The van der Waals surface area contributed by atoms with E-state index in [1.807, 2.05) is 0 Å². The largest absolute Gasteiger partial charge is 0.495 e. The molecule has 1 unspecified atom stereocenters. The Hall–Kier alpha value is -3.95. The fraction of sp³-hybridized carbons (Fsp3) is 0.211. The van der Waals surface area contributed by atoms with Crippen LogP contribution in [-0.4, -0.2) is 43.1 Å². The smallest absolute Gasteiger partial charge is 0.338 e. The summed E-state index contributed by atoms with van der Waals surface area (Å²) in [6.45, 7) is 1.35. The van der Waals surface area contributed by atoms with Crippen LogP contribution in [0.5, 0.6) is 5.75 Å². The third kappa shape index (κ3) is 5.28. The highest BCUT2D eigenvalue weighted by Crippen LogP contribution is 2.29. The van der Waals surface area contributed by atoms with Crippen molar-refractivity contribution in [1.82, 2.24) is 0 Å². The van der Waals surface area contributed by atoms with Crippen molar-refractivity contribution in [2.75, 3.05) is 19.5 Å². The van der Waals surface area contributed by atoms with Crippen molar-refractivity contribution in [1.29, 1.82) is 0 Å². The molecule has 0 aliphatic carbocycles. The number of amides is 1. The second kappa shape index (κ2) is 9.31. The molecule has 0 fully saturated rings. The van der Waals surface area contributed by atoms with E-state index in [0.717, 1.165) is 6.07 Å². The molecule has 0 aliphatic heterocycles. The van der Waals surface area contributed by atoms with E-state index in [4.69, 9.17) is 9.47 Å². The second-order valence-electron chi connectivity index (χ2n) is 5.75. The van der Waals surface area contributed by atoms with Crippen molar-refractivity contribution in [3.05, 3.63) is 63.7 Å². The number of nitro groups is 1. The van der Waals surface area contributed by atoms with Gasteiger partial charge in [0.25, 0.3) is 11.6 Å². The highest BCUT2D eigenvalue weighted by molar-refractivity contribution is 5.99. The number of carbonyl (C=O) groups is 3. The molecule has 0 heterocycles.